The lowest BCUT2D eigenvalue weighted by molar-refractivity contribution is -0.317. The molecule has 5 N–H and O–H groups in total. The zero-order valence-corrected chi connectivity index (χ0v) is 38.3. The lowest BCUT2D eigenvalue weighted by atomic mass is 9.73. The monoisotopic (exact) mass is 858 g/mol. The number of ether oxygens (including phenoxy) is 6. The lowest BCUT2D eigenvalue weighted by Crippen LogP contribution is -2.61. The van der Waals surface area contributed by atoms with Crippen molar-refractivity contribution in [2.75, 3.05) is 27.8 Å². The first-order valence-corrected chi connectivity index (χ1v) is 22.1. The molecule has 0 radical (unpaired) electrons. The molecule has 3 fully saturated rings. The largest absolute Gasteiger partial charge is 0.459 e. The van der Waals surface area contributed by atoms with Crippen LogP contribution in [-0.2, 0) is 44.5 Å². The average molecular weight is 859 g/mol. The second kappa shape index (κ2) is 20.6. The molecule has 4 rings (SSSR count). The zero-order valence-electron chi connectivity index (χ0n) is 37.4. The smallest absolute Gasteiger partial charge is 0.311 e. The fourth-order valence-corrected chi connectivity index (χ4v) is 10.0. The SMILES string of the molecule is CC[C@H]1OC(=O)[C@H](C)[C@@H](O[C@H]2C[C@@](C)(OC)[C@@H](O)[C@H](C)O2)[C@H](C)[C@@H](O[C@@H]2O[C@H](C)C[C@H](N(C)C)[C@H]2O)[C@](C)(O)C[C@@H](C)/C(=N\OCCc2cccs2)[C@H](C)[C@@H](O)[C@]1(C)O. The number of thiophene rings is 1. The maximum atomic E-state index is 14.4. The number of hydrogen-bond donors (Lipinski definition) is 5. The number of nitrogens with zero attached hydrogens (tertiary/aromatic N) is 2. The number of cyclic esters (lactones) is 1. The van der Waals surface area contributed by atoms with Crippen LogP contribution in [0.5, 0.6) is 0 Å². The van der Waals surface area contributed by atoms with Crippen LogP contribution in [0.4, 0.5) is 0 Å². The van der Waals surface area contributed by atoms with Gasteiger partial charge >= 0.3 is 5.97 Å². The van der Waals surface area contributed by atoms with Crippen LogP contribution in [-0.4, -0.2) is 154 Å². The summed E-state index contributed by atoms with van der Waals surface area (Å²) >= 11 is 1.60. The predicted octanol–water partition coefficient (Wildman–Crippen LogP) is 3.89. The minimum Gasteiger partial charge on any atom is -0.459 e. The molecule has 0 spiro atoms. The second-order valence-corrected chi connectivity index (χ2v) is 19.3. The molecule has 0 unspecified atom stereocenters. The highest BCUT2D eigenvalue weighted by Gasteiger charge is 2.53. The third-order valence-corrected chi connectivity index (χ3v) is 14.0. The first-order valence-electron chi connectivity index (χ1n) is 21.2. The van der Waals surface area contributed by atoms with Gasteiger partial charge in [0.15, 0.2) is 12.6 Å². The van der Waals surface area contributed by atoms with Crippen LogP contribution in [0.1, 0.15) is 99.8 Å². The molecule has 3 aliphatic heterocycles. The zero-order chi connectivity index (χ0) is 44.2. The third-order valence-electron chi connectivity index (χ3n) is 13.0. The van der Waals surface area contributed by atoms with Gasteiger partial charge < -0.3 is 63.7 Å². The van der Waals surface area contributed by atoms with Gasteiger partial charge in [0, 0.05) is 48.6 Å². The summed E-state index contributed by atoms with van der Waals surface area (Å²) in [6.45, 7) is 17.4. The Morgan fingerprint density at radius 3 is 2.24 bits per heavy atom. The molecule has 59 heavy (non-hydrogen) atoms. The van der Waals surface area contributed by atoms with Crippen molar-refractivity contribution in [2.24, 2.45) is 28.8 Å². The minimum atomic E-state index is -1.94. The fourth-order valence-electron chi connectivity index (χ4n) is 9.31. The van der Waals surface area contributed by atoms with E-state index in [0.717, 1.165) is 4.88 Å². The number of carbonyl (C=O) groups is 1. The van der Waals surface area contributed by atoms with E-state index in [0.29, 0.717) is 18.6 Å². The van der Waals surface area contributed by atoms with Crippen LogP contribution in [0.3, 0.4) is 0 Å². The first kappa shape index (κ1) is 49.9. The van der Waals surface area contributed by atoms with Crippen LogP contribution in [0.15, 0.2) is 22.7 Å². The van der Waals surface area contributed by atoms with E-state index < -0.39 is 102 Å². The Labute approximate surface area is 355 Å². The number of oxime groups is 1. The topological polar surface area (TPSA) is 198 Å². The highest BCUT2D eigenvalue weighted by atomic mass is 32.1. The Hall–Kier alpha value is -1.80. The summed E-state index contributed by atoms with van der Waals surface area (Å²) in [6, 6.07) is 3.65. The van der Waals surface area contributed by atoms with Crippen LogP contribution in [0.25, 0.3) is 0 Å². The Morgan fingerprint density at radius 2 is 1.64 bits per heavy atom. The summed E-state index contributed by atoms with van der Waals surface area (Å²) in [5, 5.41) is 66.0. The number of aliphatic hydroxyl groups is 5. The van der Waals surface area contributed by atoms with E-state index in [-0.39, 0.29) is 38.0 Å². The molecule has 0 aromatic carbocycles. The molecule has 15 nitrogen and oxygen atoms in total. The molecule has 340 valence electrons. The molecule has 18 atom stereocenters. The second-order valence-electron chi connectivity index (χ2n) is 18.2. The number of esters is 1. The Bertz CT molecular complexity index is 1500. The number of aliphatic hydroxyl groups excluding tert-OH is 3. The van der Waals surface area contributed by atoms with Crippen LogP contribution < -0.4 is 0 Å². The Morgan fingerprint density at radius 1 is 0.966 bits per heavy atom. The van der Waals surface area contributed by atoms with E-state index >= 15 is 0 Å². The maximum absolute atomic E-state index is 14.4. The molecule has 1 aromatic heterocycles. The van der Waals surface area contributed by atoms with E-state index in [1.165, 1.54) is 14.0 Å². The maximum Gasteiger partial charge on any atom is 0.311 e. The van der Waals surface area contributed by atoms with Crippen molar-refractivity contribution < 1.29 is 63.6 Å². The predicted molar refractivity (Wildman–Crippen MR) is 223 cm³/mol. The van der Waals surface area contributed by atoms with Gasteiger partial charge in [-0.2, -0.15) is 0 Å². The van der Waals surface area contributed by atoms with Gasteiger partial charge in [-0.25, -0.2) is 0 Å². The molecule has 0 bridgehead atoms. The van der Waals surface area contributed by atoms with E-state index in [1.54, 1.807) is 59.8 Å². The lowest BCUT2D eigenvalue weighted by Gasteiger charge is -2.49. The molecule has 0 amide bonds. The van der Waals surface area contributed by atoms with E-state index in [9.17, 15) is 30.3 Å². The van der Waals surface area contributed by atoms with Gasteiger partial charge in [0.1, 0.15) is 30.5 Å². The normalized spacial score (nSPS) is 45.2. The van der Waals surface area contributed by atoms with Crippen molar-refractivity contribution in [3.8, 4) is 0 Å². The van der Waals surface area contributed by atoms with Crippen LogP contribution in [0.2, 0.25) is 0 Å². The minimum absolute atomic E-state index is 0.0114. The van der Waals surface area contributed by atoms with Crippen molar-refractivity contribution in [1.29, 1.82) is 0 Å². The fraction of sp³-hybridized carbons (Fsp3) is 0.860. The number of likely N-dealkylation sites (N-methyl/N-ethyl adjacent to an activating group) is 1. The highest BCUT2D eigenvalue weighted by molar-refractivity contribution is 7.09. The number of hydrogen-bond acceptors (Lipinski definition) is 16. The summed E-state index contributed by atoms with van der Waals surface area (Å²) in [5.74, 6) is -3.98. The average Bonchev–Trinajstić information content (AvgIpc) is 3.69. The van der Waals surface area contributed by atoms with Gasteiger partial charge in [0.2, 0.25) is 0 Å². The Kier molecular flexibility index (Phi) is 17.4. The van der Waals surface area contributed by atoms with Crippen molar-refractivity contribution in [3.63, 3.8) is 0 Å². The quantitative estimate of drug-likeness (QED) is 0.122. The number of rotatable bonds is 11. The molecule has 0 aliphatic carbocycles. The molecule has 3 saturated heterocycles. The van der Waals surface area contributed by atoms with E-state index in [2.05, 4.69) is 5.16 Å². The summed E-state index contributed by atoms with van der Waals surface area (Å²) in [4.78, 5) is 23.3. The molecule has 0 saturated carbocycles. The molecule has 3 aliphatic rings. The number of methoxy groups -OCH3 is 1. The van der Waals surface area contributed by atoms with Crippen molar-refractivity contribution in [1.82, 2.24) is 4.90 Å². The van der Waals surface area contributed by atoms with Crippen molar-refractivity contribution in [2.45, 2.75) is 186 Å². The summed E-state index contributed by atoms with van der Waals surface area (Å²) < 4.78 is 37.8. The standard InChI is InChI=1S/C43H74N2O13S/c1-14-31-43(10,51)36(47)25(4)33(44-53-18-17-29-16-15-19-59-29)23(2)21-41(8,50)38(58-40-34(46)30(45(11)12)20-24(3)54-40)26(5)35(27(6)39(49)56-31)57-32-22-42(9,52-13)37(48)28(7)55-32/h15-16,19,23-28,30-32,34-38,40,46-48,50-51H,14,17-18,20-22H2,1-13H3/b44-33+/t23-,24-,25+,26+,27-,28+,30+,31-,32+,34-,35+,36-,37+,38-,40+,41-,42-,43-/m1/s1. The molecular formula is C43H74N2O13S. The molecule has 16 heteroatoms. The van der Waals surface area contributed by atoms with Crippen LogP contribution >= 0.6 is 11.3 Å². The summed E-state index contributed by atoms with van der Waals surface area (Å²) in [7, 11) is 5.25. The van der Waals surface area contributed by atoms with Gasteiger partial charge in [-0.3, -0.25) is 4.79 Å². The van der Waals surface area contributed by atoms with E-state index in [4.69, 9.17) is 33.3 Å². The van der Waals surface area contributed by atoms with Gasteiger partial charge in [-0.15, -0.1) is 11.3 Å². The van der Waals surface area contributed by atoms with Gasteiger partial charge in [-0.05, 0) is 86.3 Å². The summed E-state index contributed by atoms with van der Waals surface area (Å²) in [6.07, 6.45) is -8.62. The van der Waals surface area contributed by atoms with Crippen LogP contribution in [0, 0.1) is 23.7 Å². The summed E-state index contributed by atoms with van der Waals surface area (Å²) in [5.41, 5.74) is -4.34. The van der Waals surface area contributed by atoms with Crippen molar-refractivity contribution in [3.05, 3.63) is 22.4 Å². The van der Waals surface area contributed by atoms with Gasteiger partial charge in [0.25, 0.3) is 0 Å². The first-order chi connectivity index (χ1) is 27.5. The van der Waals surface area contributed by atoms with Gasteiger partial charge in [0.05, 0.1) is 53.4 Å². The van der Waals surface area contributed by atoms with Crippen molar-refractivity contribution >= 4 is 23.0 Å². The van der Waals surface area contributed by atoms with Gasteiger partial charge in [-0.1, -0.05) is 38.9 Å². The Balaban J connectivity index is 1.85. The highest BCUT2D eigenvalue weighted by Crippen LogP contribution is 2.41. The molecule has 4 heterocycles. The number of carbonyl (C=O) groups excluding carboxylic acids is 1. The van der Waals surface area contributed by atoms with E-state index in [1.807, 2.05) is 50.4 Å². The molecular weight excluding hydrogens is 785 g/mol. The molecule has 1 aromatic rings. The third kappa shape index (κ3) is 11.6.